The molecule has 340 valence electrons. The molecule has 0 aromatic heterocycles. The molecule has 1 heteroatoms. The van der Waals surface area contributed by atoms with E-state index in [2.05, 4.69) is 292 Å². The number of anilines is 3. The Labute approximate surface area is 423 Å². The Kier molecular flexibility index (Phi) is 9.44. The van der Waals surface area contributed by atoms with E-state index in [9.17, 15) is 0 Å². The first kappa shape index (κ1) is 42.1. The number of rotatable bonds is 8. The Bertz CT molecular complexity index is 3810. The van der Waals surface area contributed by atoms with Crippen molar-refractivity contribution in [1.82, 2.24) is 0 Å². The summed E-state index contributed by atoms with van der Waals surface area (Å²) >= 11 is 0. The van der Waals surface area contributed by atoms with E-state index in [0.717, 1.165) is 17.1 Å². The van der Waals surface area contributed by atoms with Crippen molar-refractivity contribution in [1.29, 1.82) is 0 Å². The van der Waals surface area contributed by atoms with Crippen molar-refractivity contribution >= 4 is 17.1 Å². The molecule has 3 aliphatic rings. The molecular formula is C71H51N. The van der Waals surface area contributed by atoms with Crippen molar-refractivity contribution in [3.05, 3.63) is 329 Å². The van der Waals surface area contributed by atoms with Crippen LogP contribution in [0.5, 0.6) is 0 Å². The van der Waals surface area contributed by atoms with Crippen molar-refractivity contribution in [2.75, 3.05) is 4.90 Å². The van der Waals surface area contributed by atoms with Crippen molar-refractivity contribution in [3.63, 3.8) is 0 Å². The summed E-state index contributed by atoms with van der Waals surface area (Å²) in [6.07, 6.45) is 0. The molecule has 0 bridgehead atoms. The van der Waals surface area contributed by atoms with Crippen LogP contribution in [0.4, 0.5) is 17.1 Å². The average Bonchev–Trinajstić information content (AvgIpc) is 4.02. The van der Waals surface area contributed by atoms with Crippen LogP contribution in [0, 0.1) is 0 Å². The summed E-state index contributed by atoms with van der Waals surface area (Å²) in [5.41, 5.74) is 25.1. The second kappa shape index (κ2) is 16.1. The van der Waals surface area contributed by atoms with E-state index in [-0.39, 0.29) is 5.41 Å². The molecule has 0 aliphatic heterocycles. The van der Waals surface area contributed by atoms with Gasteiger partial charge in [-0.25, -0.2) is 0 Å². The van der Waals surface area contributed by atoms with E-state index in [0.29, 0.717) is 0 Å². The van der Waals surface area contributed by atoms with E-state index in [1.165, 1.54) is 100 Å². The van der Waals surface area contributed by atoms with Crippen LogP contribution in [0.3, 0.4) is 0 Å². The molecule has 0 atom stereocenters. The Morgan fingerprint density at radius 3 is 1.29 bits per heavy atom. The van der Waals surface area contributed by atoms with Gasteiger partial charge in [0, 0.05) is 22.4 Å². The molecule has 3 aliphatic carbocycles. The highest BCUT2D eigenvalue weighted by Gasteiger charge is 2.49. The van der Waals surface area contributed by atoms with Crippen LogP contribution in [-0.2, 0) is 16.2 Å². The maximum Gasteiger partial charge on any atom is 0.0714 e. The van der Waals surface area contributed by atoms with E-state index in [4.69, 9.17) is 0 Å². The first-order valence-electron chi connectivity index (χ1n) is 25.3. The van der Waals surface area contributed by atoms with Crippen LogP contribution in [0.25, 0.3) is 44.5 Å². The number of fused-ring (bicyclic) bond motifs is 9. The number of nitrogens with zero attached hydrogens (tertiary/aromatic N) is 1. The summed E-state index contributed by atoms with van der Waals surface area (Å²) in [6.45, 7) is 4.74. The summed E-state index contributed by atoms with van der Waals surface area (Å²) in [5.74, 6) is 0. The molecule has 14 rings (SSSR count). The minimum Gasteiger partial charge on any atom is -0.310 e. The topological polar surface area (TPSA) is 3.24 Å². The standard InChI is InChI=1S/C71H51N/c1-69(2)61-36-18-15-33-56(61)58-43-41-49(46-65(58)69)48-23-21-32-54(45-48)72(55-42-44-59-57-34-16-19-37-62(57)71(66(59)47-55,52-28-11-5-12-29-52)53-30-13-6-14-31-53)67-40-22-39-64-68(67)60-35-17-20-38-63(60)70(64,50-24-7-3-8-25-50)51-26-9-4-10-27-51/h3-47H,1-2H3. The Morgan fingerprint density at radius 2 is 0.681 bits per heavy atom. The van der Waals surface area contributed by atoms with E-state index >= 15 is 0 Å². The normalized spacial score (nSPS) is 14.6. The lowest BCUT2D eigenvalue weighted by Gasteiger charge is -2.35. The summed E-state index contributed by atoms with van der Waals surface area (Å²) in [6, 6.07) is 102. The fourth-order valence-electron chi connectivity index (χ4n) is 13.4. The van der Waals surface area contributed by atoms with Gasteiger partial charge in [-0.1, -0.05) is 250 Å². The zero-order chi connectivity index (χ0) is 48.0. The zero-order valence-electron chi connectivity index (χ0n) is 40.4. The molecule has 1 nitrogen and oxygen atoms in total. The second-order valence-corrected chi connectivity index (χ2v) is 20.3. The molecule has 0 amide bonds. The highest BCUT2D eigenvalue weighted by molar-refractivity contribution is 5.99. The van der Waals surface area contributed by atoms with Gasteiger partial charge in [0.15, 0.2) is 0 Å². The van der Waals surface area contributed by atoms with Gasteiger partial charge in [0.1, 0.15) is 0 Å². The third kappa shape index (κ3) is 5.89. The smallest absolute Gasteiger partial charge is 0.0714 e. The van der Waals surface area contributed by atoms with Crippen LogP contribution in [-0.4, -0.2) is 0 Å². The highest BCUT2D eigenvalue weighted by Crippen LogP contribution is 2.61. The molecule has 0 fully saturated rings. The SMILES string of the molecule is CC1(C)c2ccccc2-c2ccc(-c3cccc(N(c4ccc5c(c4)C(c4ccccc4)(c4ccccc4)c4ccccc4-5)c4cccc5c4-c4ccccc4C5(c4ccccc4)c4ccccc4)c3)cc21. The maximum absolute atomic E-state index is 2.56. The Hall–Kier alpha value is -8.78. The molecule has 11 aromatic rings. The van der Waals surface area contributed by atoms with Crippen molar-refractivity contribution in [3.8, 4) is 44.5 Å². The van der Waals surface area contributed by atoms with Gasteiger partial charge < -0.3 is 4.90 Å². The van der Waals surface area contributed by atoms with Gasteiger partial charge in [-0.3, -0.25) is 0 Å². The maximum atomic E-state index is 2.56. The lowest BCUT2D eigenvalue weighted by Crippen LogP contribution is -2.29. The van der Waals surface area contributed by atoms with Crippen molar-refractivity contribution < 1.29 is 0 Å². The largest absolute Gasteiger partial charge is 0.310 e. The fraction of sp³-hybridized carbons (Fsp3) is 0.0704. The quantitative estimate of drug-likeness (QED) is 0.147. The third-order valence-electron chi connectivity index (χ3n) is 16.4. The molecule has 0 heterocycles. The lowest BCUT2D eigenvalue weighted by atomic mass is 9.67. The van der Waals surface area contributed by atoms with Gasteiger partial charge in [-0.2, -0.15) is 0 Å². The summed E-state index contributed by atoms with van der Waals surface area (Å²) < 4.78 is 0. The predicted molar refractivity (Wildman–Crippen MR) is 299 cm³/mol. The molecule has 0 saturated carbocycles. The van der Waals surface area contributed by atoms with Crippen LogP contribution in [0.15, 0.2) is 273 Å². The van der Waals surface area contributed by atoms with Crippen LogP contribution in [0.2, 0.25) is 0 Å². The highest BCUT2D eigenvalue weighted by atomic mass is 15.1. The molecule has 0 radical (unpaired) electrons. The number of hydrogen-bond acceptors (Lipinski definition) is 1. The first-order chi connectivity index (χ1) is 35.5. The van der Waals surface area contributed by atoms with Gasteiger partial charge in [0.05, 0.1) is 16.5 Å². The van der Waals surface area contributed by atoms with Crippen molar-refractivity contribution in [2.24, 2.45) is 0 Å². The van der Waals surface area contributed by atoms with E-state index in [1.54, 1.807) is 0 Å². The lowest BCUT2D eigenvalue weighted by molar-refractivity contribution is 0.660. The van der Waals surface area contributed by atoms with Crippen molar-refractivity contribution in [2.45, 2.75) is 30.1 Å². The van der Waals surface area contributed by atoms with Gasteiger partial charge in [-0.05, 0) is 131 Å². The monoisotopic (exact) mass is 917 g/mol. The zero-order valence-corrected chi connectivity index (χ0v) is 40.4. The molecule has 0 saturated heterocycles. The third-order valence-corrected chi connectivity index (χ3v) is 16.4. The van der Waals surface area contributed by atoms with E-state index in [1.807, 2.05) is 0 Å². The molecule has 0 unspecified atom stereocenters. The first-order valence-corrected chi connectivity index (χ1v) is 25.3. The minimum atomic E-state index is -0.562. The average molecular weight is 918 g/mol. The van der Waals surface area contributed by atoms with Crippen LogP contribution < -0.4 is 4.90 Å². The molecular weight excluding hydrogens is 867 g/mol. The molecule has 0 N–H and O–H groups in total. The predicted octanol–water partition coefficient (Wildman–Crippen LogP) is 17.9. The molecule has 0 spiro atoms. The summed E-state index contributed by atoms with van der Waals surface area (Å²) in [7, 11) is 0. The van der Waals surface area contributed by atoms with Gasteiger partial charge >= 0.3 is 0 Å². The van der Waals surface area contributed by atoms with E-state index < -0.39 is 10.8 Å². The fourth-order valence-corrected chi connectivity index (χ4v) is 13.4. The Morgan fingerprint density at radius 1 is 0.264 bits per heavy atom. The second-order valence-electron chi connectivity index (χ2n) is 20.3. The van der Waals surface area contributed by atoms with Crippen LogP contribution >= 0.6 is 0 Å². The van der Waals surface area contributed by atoms with Gasteiger partial charge in [0.25, 0.3) is 0 Å². The summed E-state index contributed by atoms with van der Waals surface area (Å²) in [4.78, 5) is 2.56. The van der Waals surface area contributed by atoms with Crippen LogP contribution in [0.1, 0.15) is 69.5 Å². The number of benzene rings is 11. The Balaban J connectivity index is 1.05. The minimum absolute atomic E-state index is 0.112. The molecule has 11 aromatic carbocycles. The van der Waals surface area contributed by atoms with Gasteiger partial charge in [0.2, 0.25) is 0 Å². The molecule has 72 heavy (non-hydrogen) atoms. The van der Waals surface area contributed by atoms with Gasteiger partial charge in [-0.15, -0.1) is 0 Å². The summed E-state index contributed by atoms with van der Waals surface area (Å²) in [5, 5.41) is 0. The number of hydrogen-bond donors (Lipinski definition) is 0.